The normalized spacial score (nSPS) is 20.3. The second-order valence-corrected chi connectivity index (χ2v) is 10.2. The number of aryl methyl sites for hydroxylation is 1. The Morgan fingerprint density at radius 1 is 1.18 bits per heavy atom. The lowest BCUT2D eigenvalue weighted by Crippen LogP contribution is -2.37. The van der Waals surface area contributed by atoms with Crippen LogP contribution in [-0.4, -0.2) is 40.9 Å². The molecule has 1 aromatic heterocycles. The standard InChI is InChI=1S/C24H25Cl3N2O3S/c1-30-19-4-2-17(3-5-19)6-7-24(15-29-9-8-28-16-29)31-12-20(32-24)13-33-14-21-22(26)10-18(25)11-23(21)27/h2-5,8-11,16,20H,6-7,12-15H2,1H3. The van der Waals surface area contributed by atoms with E-state index in [2.05, 4.69) is 17.1 Å². The average Bonchev–Trinajstić information content (AvgIpc) is 3.45. The third-order valence-electron chi connectivity index (χ3n) is 5.51. The number of methoxy groups -OCH3 is 1. The first-order valence-electron chi connectivity index (χ1n) is 10.6. The van der Waals surface area contributed by atoms with Crippen LogP contribution >= 0.6 is 46.6 Å². The van der Waals surface area contributed by atoms with Crippen LogP contribution in [0.25, 0.3) is 0 Å². The van der Waals surface area contributed by atoms with Gasteiger partial charge in [0.2, 0.25) is 0 Å². The Kier molecular flexibility index (Phi) is 8.49. The van der Waals surface area contributed by atoms with Crippen molar-refractivity contribution < 1.29 is 14.2 Å². The Bertz CT molecular complexity index is 1030. The van der Waals surface area contributed by atoms with Gasteiger partial charge in [-0.05, 0) is 41.8 Å². The number of benzene rings is 2. The molecule has 1 aliphatic rings. The van der Waals surface area contributed by atoms with E-state index in [1.807, 2.05) is 22.9 Å². The Morgan fingerprint density at radius 2 is 1.94 bits per heavy atom. The summed E-state index contributed by atoms with van der Waals surface area (Å²) in [4.78, 5) is 4.16. The Balaban J connectivity index is 1.37. The van der Waals surface area contributed by atoms with Gasteiger partial charge in [0, 0.05) is 45.4 Å². The molecular formula is C24H25Cl3N2O3S. The summed E-state index contributed by atoms with van der Waals surface area (Å²) >= 11 is 20.4. The highest BCUT2D eigenvalue weighted by molar-refractivity contribution is 7.98. The number of ether oxygens (including phenoxy) is 3. The van der Waals surface area contributed by atoms with Crippen LogP contribution < -0.4 is 4.74 Å². The lowest BCUT2D eigenvalue weighted by atomic mass is 10.0. The molecule has 3 aromatic rings. The number of hydrogen-bond acceptors (Lipinski definition) is 5. The summed E-state index contributed by atoms with van der Waals surface area (Å²) in [7, 11) is 1.67. The van der Waals surface area contributed by atoms with Gasteiger partial charge in [0.15, 0.2) is 5.79 Å². The number of rotatable bonds is 10. The summed E-state index contributed by atoms with van der Waals surface area (Å²) in [5.74, 6) is 1.58. The summed E-state index contributed by atoms with van der Waals surface area (Å²) in [5.41, 5.74) is 2.09. The fourth-order valence-corrected chi connectivity index (χ4v) is 5.95. The Labute approximate surface area is 213 Å². The van der Waals surface area contributed by atoms with Gasteiger partial charge in [-0.25, -0.2) is 4.98 Å². The van der Waals surface area contributed by atoms with E-state index in [1.165, 1.54) is 5.56 Å². The van der Waals surface area contributed by atoms with Crippen molar-refractivity contribution >= 4 is 46.6 Å². The molecule has 0 aliphatic carbocycles. The summed E-state index contributed by atoms with van der Waals surface area (Å²) in [6.07, 6.45) is 7.00. The molecule has 2 heterocycles. The zero-order chi connectivity index (χ0) is 23.3. The first kappa shape index (κ1) is 24.7. The van der Waals surface area contributed by atoms with Crippen molar-refractivity contribution in [2.24, 2.45) is 0 Å². The molecule has 33 heavy (non-hydrogen) atoms. The summed E-state index contributed by atoms with van der Waals surface area (Å²) in [5, 5.41) is 1.70. The molecule has 0 N–H and O–H groups in total. The van der Waals surface area contributed by atoms with Gasteiger partial charge in [-0.3, -0.25) is 0 Å². The largest absolute Gasteiger partial charge is 0.497 e. The molecule has 9 heteroatoms. The van der Waals surface area contributed by atoms with Crippen LogP contribution in [0.4, 0.5) is 0 Å². The smallest absolute Gasteiger partial charge is 0.187 e. The van der Waals surface area contributed by atoms with Gasteiger partial charge in [-0.1, -0.05) is 46.9 Å². The van der Waals surface area contributed by atoms with Gasteiger partial charge in [0.05, 0.1) is 32.7 Å². The third-order valence-corrected chi connectivity index (χ3v) is 7.50. The molecule has 2 unspecified atom stereocenters. The van der Waals surface area contributed by atoms with E-state index >= 15 is 0 Å². The second-order valence-electron chi connectivity index (χ2n) is 7.91. The second kappa shape index (κ2) is 11.3. The number of halogens is 3. The number of aromatic nitrogens is 2. The molecule has 0 amide bonds. The quantitative estimate of drug-likeness (QED) is 0.300. The number of hydrogen-bond donors (Lipinski definition) is 0. The van der Waals surface area contributed by atoms with Crippen LogP contribution in [-0.2, 0) is 28.2 Å². The van der Waals surface area contributed by atoms with Gasteiger partial charge in [0.1, 0.15) is 5.75 Å². The third kappa shape index (κ3) is 6.59. The minimum atomic E-state index is -0.707. The molecular weight excluding hydrogens is 503 g/mol. The molecule has 0 spiro atoms. The molecule has 5 nitrogen and oxygen atoms in total. The van der Waals surface area contributed by atoms with Gasteiger partial charge in [-0.15, -0.1) is 0 Å². The monoisotopic (exact) mass is 526 g/mol. The molecule has 1 fully saturated rings. The van der Waals surface area contributed by atoms with E-state index in [4.69, 9.17) is 49.0 Å². The molecule has 2 atom stereocenters. The number of nitrogens with zero attached hydrogens (tertiary/aromatic N) is 2. The van der Waals surface area contributed by atoms with Crippen molar-refractivity contribution in [1.82, 2.24) is 9.55 Å². The Morgan fingerprint density at radius 3 is 2.61 bits per heavy atom. The predicted molar refractivity (Wildman–Crippen MR) is 135 cm³/mol. The molecule has 0 bridgehead atoms. The van der Waals surface area contributed by atoms with Gasteiger partial charge >= 0.3 is 0 Å². The lowest BCUT2D eigenvalue weighted by molar-refractivity contribution is -0.180. The van der Waals surface area contributed by atoms with Gasteiger partial charge < -0.3 is 18.8 Å². The van der Waals surface area contributed by atoms with E-state index < -0.39 is 5.79 Å². The van der Waals surface area contributed by atoms with Crippen molar-refractivity contribution in [2.45, 2.75) is 37.0 Å². The number of imidazole rings is 1. The summed E-state index contributed by atoms with van der Waals surface area (Å²) in [6, 6.07) is 11.5. The van der Waals surface area contributed by atoms with E-state index in [1.54, 1.807) is 43.5 Å². The van der Waals surface area contributed by atoms with E-state index in [0.717, 1.165) is 29.9 Å². The van der Waals surface area contributed by atoms with Crippen molar-refractivity contribution in [1.29, 1.82) is 0 Å². The maximum absolute atomic E-state index is 6.50. The van der Waals surface area contributed by atoms with Crippen molar-refractivity contribution in [3.05, 3.63) is 81.3 Å². The van der Waals surface area contributed by atoms with Crippen molar-refractivity contribution in [3.63, 3.8) is 0 Å². The fourth-order valence-electron chi connectivity index (χ4n) is 3.78. The molecule has 1 saturated heterocycles. The molecule has 1 aliphatic heterocycles. The van der Waals surface area contributed by atoms with Crippen LogP contribution in [0.5, 0.6) is 5.75 Å². The zero-order valence-corrected chi connectivity index (χ0v) is 21.3. The minimum Gasteiger partial charge on any atom is -0.497 e. The first-order chi connectivity index (χ1) is 16.0. The highest BCUT2D eigenvalue weighted by Crippen LogP contribution is 2.35. The van der Waals surface area contributed by atoms with E-state index in [0.29, 0.717) is 34.0 Å². The van der Waals surface area contributed by atoms with Crippen LogP contribution in [0, 0.1) is 0 Å². The van der Waals surface area contributed by atoms with Crippen LogP contribution in [0.2, 0.25) is 15.1 Å². The van der Waals surface area contributed by atoms with Crippen molar-refractivity contribution in [2.75, 3.05) is 19.5 Å². The SMILES string of the molecule is COc1ccc(CCC2(Cn3ccnc3)OCC(CSCc3c(Cl)cc(Cl)cc3Cl)O2)cc1. The molecule has 176 valence electrons. The zero-order valence-electron chi connectivity index (χ0n) is 18.2. The summed E-state index contributed by atoms with van der Waals surface area (Å²) < 4.78 is 20.0. The first-order valence-corrected chi connectivity index (χ1v) is 12.9. The Hall–Kier alpha value is -1.41. The van der Waals surface area contributed by atoms with E-state index in [-0.39, 0.29) is 6.10 Å². The van der Waals surface area contributed by atoms with Crippen LogP contribution in [0.15, 0.2) is 55.1 Å². The molecule has 4 rings (SSSR count). The van der Waals surface area contributed by atoms with E-state index in [9.17, 15) is 0 Å². The highest BCUT2D eigenvalue weighted by Gasteiger charge is 2.41. The molecule has 0 radical (unpaired) electrons. The maximum Gasteiger partial charge on any atom is 0.187 e. The van der Waals surface area contributed by atoms with Gasteiger partial charge in [0.25, 0.3) is 0 Å². The molecule has 0 saturated carbocycles. The van der Waals surface area contributed by atoms with Crippen LogP contribution in [0.3, 0.4) is 0 Å². The summed E-state index contributed by atoms with van der Waals surface area (Å²) in [6.45, 7) is 1.12. The minimum absolute atomic E-state index is 0.0285. The number of thioether (sulfide) groups is 1. The van der Waals surface area contributed by atoms with Gasteiger partial charge in [-0.2, -0.15) is 11.8 Å². The lowest BCUT2D eigenvalue weighted by Gasteiger charge is -2.28. The van der Waals surface area contributed by atoms with Crippen LogP contribution in [0.1, 0.15) is 17.5 Å². The average molecular weight is 528 g/mol. The predicted octanol–water partition coefficient (Wildman–Crippen LogP) is 6.53. The maximum atomic E-state index is 6.50. The molecule has 2 aromatic carbocycles. The topological polar surface area (TPSA) is 45.5 Å². The highest BCUT2D eigenvalue weighted by atomic mass is 35.5. The van der Waals surface area contributed by atoms with Crippen molar-refractivity contribution in [3.8, 4) is 5.75 Å². The fraction of sp³-hybridized carbons (Fsp3) is 0.375.